The minimum absolute atomic E-state index is 0.252. The van der Waals surface area contributed by atoms with E-state index in [1.165, 1.54) is 0 Å². The van der Waals surface area contributed by atoms with Crippen molar-refractivity contribution in [3.8, 4) is 0 Å². The molecule has 0 radical (unpaired) electrons. The number of nitrogens with two attached hydrogens (primary N) is 1. The molecule has 0 aliphatic carbocycles. The largest absolute Gasteiger partial charge is 0.327 e. The number of hydrogen-bond acceptors (Lipinski definition) is 4. The van der Waals surface area contributed by atoms with Crippen molar-refractivity contribution in [3.05, 3.63) is 16.6 Å². The molecule has 74 valence electrons. The van der Waals surface area contributed by atoms with Crippen molar-refractivity contribution >= 4 is 11.3 Å². The summed E-state index contributed by atoms with van der Waals surface area (Å²) in [5, 5.41) is 6.48. The number of rotatable bonds is 5. The molecular formula is C9H17N3S. The van der Waals surface area contributed by atoms with E-state index >= 15 is 0 Å². The van der Waals surface area contributed by atoms with Crippen molar-refractivity contribution in [2.75, 3.05) is 6.54 Å². The van der Waals surface area contributed by atoms with E-state index in [-0.39, 0.29) is 6.04 Å². The van der Waals surface area contributed by atoms with Crippen LogP contribution in [0.1, 0.15) is 31.3 Å². The maximum absolute atomic E-state index is 5.80. The molecular weight excluding hydrogens is 182 g/mol. The number of aromatic nitrogens is 1. The predicted octanol–water partition coefficient (Wildman–Crippen LogP) is 1.53. The summed E-state index contributed by atoms with van der Waals surface area (Å²) < 4.78 is 0. The molecule has 0 spiro atoms. The van der Waals surface area contributed by atoms with E-state index in [0.29, 0.717) is 6.04 Å². The molecule has 1 aromatic heterocycles. The normalized spacial score (nSPS) is 15.6. The van der Waals surface area contributed by atoms with Crippen LogP contribution in [0, 0.1) is 0 Å². The predicted molar refractivity (Wildman–Crippen MR) is 56.8 cm³/mol. The monoisotopic (exact) mass is 199 g/mol. The molecule has 0 fully saturated rings. The van der Waals surface area contributed by atoms with E-state index in [0.717, 1.165) is 18.0 Å². The zero-order valence-electron chi connectivity index (χ0n) is 8.16. The van der Waals surface area contributed by atoms with E-state index in [2.05, 4.69) is 24.1 Å². The minimum Gasteiger partial charge on any atom is -0.327 e. The van der Waals surface area contributed by atoms with Gasteiger partial charge in [-0.05, 0) is 13.3 Å². The summed E-state index contributed by atoms with van der Waals surface area (Å²) in [5.41, 5.74) is 5.80. The van der Waals surface area contributed by atoms with E-state index in [4.69, 9.17) is 5.73 Å². The van der Waals surface area contributed by atoms with Gasteiger partial charge in [-0.25, -0.2) is 4.98 Å². The van der Waals surface area contributed by atoms with E-state index in [1.807, 2.05) is 11.6 Å². The zero-order valence-corrected chi connectivity index (χ0v) is 8.97. The third-order valence-corrected chi connectivity index (χ3v) is 2.99. The Bertz CT molecular complexity index is 223. The van der Waals surface area contributed by atoms with Crippen molar-refractivity contribution in [3.63, 3.8) is 0 Å². The van der Waals surface area contributed by atoms with Crippen LogP contribution in [0.25, 0.3) is 0 Å². The van der Waals surface area contributed by atoms with Crippen LogP contribution in [-0.2, 0) is 0 Å². The average Bonchev–Trinajstić information content (AvgIpc) is 2.66. The topological polar surface area (TPSA) is 50.9 Å². The molecule has 0 aliphatic heterocycles. The molecule has 0 bridgehead atoms. The van der Waals surface area contributed by atoms with Gasteiger partial charge in [0.15, 0.2) is 0 Å². The molecule has 0 saturated carbocycles. The highest BCUT2D eigenvalue weighted by atomic mass is 32.1. The first-order valence-corrected chi connectivity index (χ1v) is 5.50. The summed E-state index contributed by atoms with van der Waals surface area (Å²) in [6.45, 7) is 5.07. The van der Waals surface area contributed by atoms with Gasteiger partial charge in [-0.15, -0.1) is 11.3 Å². The van der Waals surface area contributed by atoms with Crippen LogP contribution in [-0.4, -0.2) is 17.6 Å². The maximum atomic E-state index is 5.80. The van der Waals surface area contributed by atoms with Gasteiger partial charge in [0.2, 0.25) is 0 Å². The Labute approximate surface area is 83.4 Å². The second-order valence-corrected chi connectivity index (χ2v) is 4.09. The molecule has 0 amide bonds. The lowest BCUT2D eigenvalue weighted by atomic mass is 10.2. The second kappa shape index (κ2) is 5.32. The summed E-state index contributed by atoms with van der Waals surface area (Å²) in [4.78, 5) is 4.24. The molecule has 13 heavy (non-hydrogen) atoms. The first-order valence-electron chi connectivity index (χ1n) is 4.62. The first-order chi connectivity index (χ1) is 6.24. The Morgan fingerprint density at radius 1 is 1.69 bits per heavy atom. The standard InChI is InChI=1S/C9H17N3S/c1-3-8(10)6-12-7(2)9-11-4-5-13-9/h4-5,7-8,12H,3,6,10H2,1-2H3. The molecule has 1 aromatic rings. The summed E-state index contributed by atoms with van der Waals surface area (Å²) in [6, 6.07) is 0.569. The lowest BCUT2D eigenvalue weighted by Crippen LogP contribution is -2.34. The highest BCUT2D eigenvalue weighted by molar-refractivity contribution is 7.09. The van der Waals surface area contributed by atoms with Crippen LogP contribution in [0.5, 0.6) is 0 Å². The highest BCUT2D eigenvalue weighted by Gasteiger charge is 2.08. The molecule has 1 heterocycles. The maximum Gasteiger partial charge on any atom is 0.109 e. The van der Waals surface area contributed by atoms with Crippen LogP contribution < -0.4 is 11.1 Å². The molecule has 3 nitrogen and oxygen atoms in total. The van der Waals surface area contributed by atoms with Gasteiger partial charge in [-0.3, -0.25) is 0 Å². The zero-order chi connectivity index (χ0) is 9.68. The van der Waals surface area contributed by atoms with Crippen LogP contribution in [0.3, 0.4) is 0 Å². The van der Waals surface area contributed by atoms with E-state index < -0.39 is 0 Å². The van der Waals surface area contributed by atoms with E-state index in [9.17, 15) is 0 Å². The number of nitrogens with zero attached hydrogens (tertiary/aromatic N) is 1. The Balaban J connectivity index is 2.30. The van der Waals surface area contributed by atoms with Gasteiger partial charge in [-0.1, -0.05) is 6.92 Å². The van der Waals surface area contributed by atoms with Crippen molar-refractivity contribution in [1.29, 1.82) is 0 Å². The van der Waals surface area contributed by atoms with Crippen LogP contribution in [0.4, 0.5) is 0 Å². The molecule has 1 rings (SSSR count). The third-order valence-electron chi connectivity index (χ3n) is 2.03. The van der Waals surface area contributed by atoms with Gasteiger partial charge in [-0.2, -0.15) is 0 Å². The molecule has 2 unspecified atom stereocenters. The van der Waals surface area contributed by atoms with Gasteiger partial charge in [0.25, 0.3) is 0 Å². The Morgan fingerprint density at radius 2 is 2.46 bits per heavy atom. The summed E-state index contributed by atoms with van der Waals surface area (Å²) >= 11 is 1.68. The second-order valence-electron chi connectivity index (χ2n) is 3.17. The number of thiazole rings is 1. The molecule has 0 saturated heterocycles. The lowest BCUT2D eigenvalue weighted by Gasteiger charge is -2.14. The Kier molecular flexibility index (Phi) is 4.35. The van der Waals surface area contributed by atoms with Crippen molar-refractivity contribution in [2.45, 2.75) is 32.4 Å². The Morgan fingerprint density at radius 3 is 3.00 bits per heavy atom. The quantitative estimate of drug-likeness (QED) is 0.756. The smallest absolute Gasteiger partial charge is 0.109 e. The fourth-order valence-electron chi connectivity index (χ4n) is 1.01. The van der Waals surface area contributed by atoms with Gasteiger partial charge in [0, 0.05) is 24.2 Å². The van der Waals surface area contributed by atoms with E-state index in [1.54, 1.807) is 11.3 Å². The number of hydrogen-bond donors (Lipinski definition) is 2. The Hall–Kier alpha value is -0.450. The van der Waals surface area contributed by atoms with Crippen molar-refractivity contribution in [1.82, 2.24) is 10.3 Å². The molecule has 0 aromatic carbocycles. The average molecular weight is 199 g/mol. The molecule has 3 N–H and O–H groups in total. The molecule has 2 atom stereocenters. The van der Waals surface area contributed by atoms with Gasteiger partial charge in [0.05, 0.1) is 6.04 Å². The minimum atomic E-state index is 0.252. The van der Waals surface area contributed by atoms with Crippen molar-refractivity contribution in [2.24, 2.45) is 5.73 Å². The summed E-state index contributed by atoms with van der Waals surface area (Å²) in [6.07, 6.45) is 2.84. The highest BCUT2D eigenvalue weighted by Crippen LogP contribution is 2.14. The SMILES string of the molecule is CCC(N)CNC(C)c1nccs1. The third kappa shape index (κ3) is 3.42. The number of nitrogens with one attached hydrogen (secondary N) is 1. The fraction of sp³-hybridized carbons (Fsp3) is 0.667. The van der Waals surface area contributed by atoms with Gasteiger partial charge < -0.3 is 11.1 Å². The molecule has 4 heteroatoms. The summed E-state index contributed by atoms with van der Waals surface area (Å²) in [5.74, 6) is 0. The van der Waals surface area contributed by atoms with Crippen LogP contribution in [0.15, 0.2) is 11.6 Å². The molecule has 0 aliphatic rings. The fourth-order valence-corrected chi connectivity index (χ4v) is 1.68. The van der Waals surface area contributed by atoms with Crippen LogP contribution >= 0.6 is 11.3 Å². The lowest BCUT2D eigenvalue weighted by molar-refractivity contribution is 0.507. The van der Waals surface area contributed by atoms with Gasteiger partial charge in [0.1, 0.15) is 5.01 Å². The van der Waals surface area contributed by atoms with Crippen molar-refractivity contribution < 1.29 is 0 Å². The van der Waals surface area contributed by atoms with Gasteiger partial charge >= 0.3 is 0 Å². The van der Waals surface area contributed by atoms with Crippen LogP contribution in [0.2, 0.25) is 0 Å². The first kappa shape index (κ1) is 10.6. The summed E-state index contributed by atoms with van der Waals surface area (Å²) in [7, 11) is 0.